The highest BCUT2D eigenvalue weighted by molar-refractivity contribution is 8.13. The molecule has 4 aromatic rings. The number of nitrogens with one attached hydrogen (secondary N) is 3. The molecule has 0 saturated heterocycles. The van der Waals surface area contributed by atoms with Gasteiger partial charge in [0.25, 0.3) is 20.9 Å². The Hall–Kier alpha value is -4.07. The molecule has 0 unspecified atom stereocenters. The number of ether oxygens (including phenoxy) is 2. The quantitative estimate of drug-likeness (QED) is 0.238. The number of H-pyrrole nitrogens is 1. The number of nitrogens with zero attached hydrogens (tertiary/aromatic N) is 2. The van der Waals surface area contributed by atoms with Crippen molar-refractivity contribution in [1.29, 1.82) is 0 Å². The summed E-state index contributed by atoms with van der Waals surface area (Å²) in [7, 11) is 1.52. The number of fused-ring (bicyclic) bond motifs is 2. The van der Waals surface area contributed by atoms with E-state index in [0.29, 0.717) is 33.9 Å². The lowest BCUT2D eigenvalue weighted by atomic mass is 10.1. The van der Waals surface area contributed by atoms with Crippen LogP contribution in [0.1, 0.15) is 29.9 Å². The summed E-state index contributed by atoms with van der Waals surface area (Å²) in [5.41, 5.74) is 8.86. The summed E-state index contributed by atoms with van der Waals surface area (Å²) in [6, 6.07) is 11.3. The highest BCUT2D eigenvalue weighted by Crippen LogP contribution is 2.28. The predicted octanol–water partition coefficient (Wildman–Crippen LogP) is 3.62. The first kappa shape index (κ1) is 30.5. The molecule has 1 aliphatic heterocycles. The number of aromatic nitrogens is 3. The van der Waals surface area contributed by atoms with Crippen LogP contribution in [0.4, 0.5) is 11.4 Å². The smallest absolute Gasteiger partial charge is 0.272 e. The molecule has 5 N–H and O–H groups in total. The largest absolute Gasteiger partial charge is 0.491 e. The Morgan fingerprint density at radius 2 is 1.93 bits per heavy atom. The van der Waals surface area contributed by atoms with E-state index in [1.54, 1.807) is 30.5 Å². The van der Waals surface area contributed by atoms with Crippen LogP contribution in [-0.2, 0) is 20.4 Å². The minimum atomic E-state index is -3.63. The van der Waals surface area contributed by atoms with Gasteiger partial charge >= 0.3 is 0 Å². The second kappa shape index (κ2) is 12.9. The van der Waals surface area contributed by atoms with E-state index in [9.17, 15) is 18.0 Å². The molecule has 5 rings (SSSR count). The summed E-state index contributed by atoms with van der Waals surface area (Å²) in [6.45, 7) is 4.06. The Kier molecular flexibility index (Phi) is 9.79. The lowest BCUT2D eigenvalue weighted by Crippen LogP contribution is -2.26. The first-order valence-electron chi connectivity index (χ1n) is 11.6. The first-order chi connectivity index (χ1) is 18.5. The van der Waals surface area contributed by atoms with E-state index in [0.717, 1.165) is 5.56 Å². The van der Waals surface area contributed by atoms with Gasteiger partial charge in [-0.2, -0.15) is 0 Å². The third-order valence-corrected chi connectivity index (χ3v) is 6.68. The van der Waals surface area contributed by atoms with Crippen molar-refractivity contribution < 1.29 is 27.5 Å². The number of halogens is 2. The van der Waals surface area contributed by atoms with Crippen molar-refractivity contribution in [2.75, 3.05) is 17.7 Å². The minimum Gasteiger partial charge on any atom is -0.491 e. The Balaban J connectivity index is 0.000000253. The van der Waals surface area contributed by atoms with Gasteiger partial charge in [-0.05, 0) is 55.8 Å². The number of benzene rings is 2. The van der Waals surface area contributed by atoms with Crippen LogP contribution in [0.25, 0.3) is 11.0 Å². The monoisotopic (exact) mass is 608 g/mol. The van der Waals surface area contributed by atoms with Crippen LogP contribution in [0.3, 0.4) is 0 Å². The van der Waals surface area contributed by atoms with Gasteiger partial charge in [0, 0.05) is 23.4 Å². The normalized spacial score (nSPS) is 12.2. The fourth-order valence-electron chi connectivity index (χ4n) is 3.59. The highest BCUT2D eigenvalue weighted by Gasteiger charge is 2.18. The number of hydrogen-bond donors (Lipinski definition) is 4. The van der Waals surface area contributed by atoms with E-state index in [-0.39, 0.29) is 54.1 Å². The molecule has 212 valence electrons. The number of carbonyl (C=O) groups is 2. The number of nitrogen functional groups attached to an aromatic ring is 1. The fraction of sp³-hybridized carbons (Fsp3) is 0.200. The zero-order valence-electron chi connectivity index (χ0n) is 21.3. The summed E-state index contributed by atoms with van der Waals surface area (Å²) >= 11 is 0. The molecule has 2 aromatic carbocycles. The molecule has 0 spiro atoms. The summed E-state index contributed by atoms with van der Waals surface area (Å²) in [5, 5.41) is 5.52. The Morgan fingerprint density at radius 1 is 1.20 bits per heavy atom. The van der Waals surface area contributed by atoms with Gasteiger partial charge in [-0.1, -0.05) is 6.07 Å². The van der Waals surface area contributed by atoms with E-state index in [1.807, 2.05) is 19.9 Å². The average molecular weight is 609 g/mol. The van der Waals surface area contributed by atoms with Gasteiger partial charge in [-0.25, -0.2) is 18.4 Å². The lowest BCUT2D eigenvalue weighted by molar-refractivity contribution is -0.118. The number of nitrogens with two attached hydrogens (primary N) is 1. The van der Waals surface area contributed by atoms with Crippen molar-refractivity contribution in [2.24, 2.45) is 0 Å². The van der Waals surface area contributed by atoms with Crippen molar-refractivity contribution in [3.63, 3.8) is 0 Å². The van der Waals surface area contributed by atoms with Gasteiger partial charge in [0.2, 0.25) is 0 Å². The zero-order chi connectivity index (χ0) is 28.2. The van der Waals surface area contributed by atoms with Crippen molar-refractivity contribution in [3.05, 3.63) is 66.2 Å². The van der Waals surface area contributed by atoms with Crippen molar-refractivity contribution in [3.8, 4) is 11.5 Å². The van der Waals surface area contributed by atoms with Gasteiger partial charge < -0.3 is 30.8 Å². The fourth-order valence-corrected chi connectivity index (χ4v) is 4.36. The molecule has 2 aromatic heterocycles. The van der Waals surface area contributed by atoms with Gasteiger partial charge in [0.05, 0.1) is 27.9 Å². The van der Waals surface area contributed by atoms with E-state index in [1.165, 1.54) is 18.5 Å². The maximum absolute atomic E-state index is 12.4. The molecule has 2 amide bonds. The maximum Gasteiger partial charge on any atom is 0.272 e. The standard InChI is InChI=1S/C16H14N6O3.C9H11ClO3S.ClH/c17-9-5-18-14-13(9)20-7-21-15(14)16(24)19-4-8-1-2-11-10(3-8)22-12(23)6-25-11;1-7(2)13-8-3-5-9(6-4-8)14(10,11)12;/h1-3,5,7,18H,4,6,17H2,(H,19,24)(H,22,23);3-7H,1-2H3;1H. The lowest BCUT2D eigenvalue weighted by Gasteiger charge is -2.18. The van der Waals surface area contributed by atoms with Crippen LogP contribution in [-0.4, -0.2) is 47.9 Å². The zero-order valence-corrected chi connectivity index (χ0v) is 23.7. The van der Waals surface area contributed by atoms with Gasteiger partial charge in [0.1, 0.15) is 23.3 Å². The summed E-state index contributed by atoms with van der Waals surface area (Å²) in [6.07, 6.45) is 2.93. The summed E-state index contributed by atoms with van der Waals surface area (Å²) < 4.78 is 32.4. The molecule has 0 saturated carbocycles. The minimum absolute atomic E-state index is 0. The van der Waals surface area contributed by atoms with Crippen molar-refractivity contribution >= 4 is 66.4 Å². The van der Waals surface area contributed by atoms with Crippen LogP contribution >= 0.6 is 23.1 Å². The number of hydrogen-bond acceptors (Lipinski definition) is 9. The van der Waals surface area contributed by atoms with Crippen molar-refractivity contribution in [1.82, 2.24) is 20.3 Å². The number of rotatable bonds is 6. The van der Waals surface area contributed by atoms with Crippen LogP contribution in [0, 0.1) is 0 Å². The molecule has 0 bridgehead atoms. The van der Waals surface area contributed by atoms with E-state index in [2.05, 4.69) is 25.6 Å². The Morgan fingerprint density at radius 3 is 2.60 bits per heavy atom. The maximum atomic E-state index is 12.4. The summed E-state index contributed by atoms with van der Waals surface area (Å²) in [4.78, 5) is 34.9. The molecular weight excluding hydrogens is 583 g/mol. The van der Waals surface area contributed by atoms with Gasteiger partial charge in [0.15, 0.2) is 12.3 Å². The Bertz CT molecular complexity index is 1630. The van der Waals surface area contributed by atoms with Crippen molar-refractivity contribution in [2.45, 2.75) is 31.4 Å². The van der Waals surface area contributed by atoms with E-state index >= 15 is 0 Å². The number of amides is 2. The van der Waals surface area contributed by atoms with Crippen LogP contribution in [0.15, 0.2) is 59.9 Å². The topological polar surface area (TPSA) is 178 Å². The molecule has 12 nitrogen and oxygen atoms in total. The predicted molar refractivity (Wildman–Crippen MR) is 153 cm³/mol. The van der Waals surface area contributed by atoms with Gasteiger partial charge in [-0.3, -0.25) is 9.59 Å². The highest BCUT2D eigenvalue weighted by atomic mass is 35.7. The third-order valence-electron chi connectivity index (χ3n) is 5.31. The molecule has 0 fully saturated rings. The van der Waals surface area contributed by atoms with Crippen LogP contribution < -0.4 is 25.8 Å². The van der Waals surface area contributed by atoms with Crippen LogP contribution in [0.5, 0.6) is 11.5 Å². The second-order valence-corrected chi connectivity index (χ2v) is 11.2. The Labute approximate surface area is 240 Å². The average Bonchev–Trinajstić information content (AvgIpc) is 3.27. The second-order valence-electron chi connectivity index (χ2n) is 8.62. The molecule has 0 atom stereocenters. The SMILES string of the molecule is CC(C)Oc1ccc(S(=O)(=O)Cl)cc1.Cl.Nc1c[nH]c2c(C(=O)NCc3ccc4c(c3)NC(=O)CO4)ncnc12. The first-order valence-corrected chi connectivity index (χ1v) is 13.9. The molecule has 3 heterocycles. The summed E-state index contributed by atoms with van der Waals surface area (Å²) in [5.74, 6) is 0.673. The third kappa shape index (κ3) is 7.52. The molecule has 1 aliphatic rings. The molecule has 40 heavy (non-hydrogen) atoms. The van der Waals surface area contributed by atoms with E-state index in [4.69, 9.17) is 25.9 Å². The number of anilines is 2. The number of carbonyl (C=O) groups excluding carboxylic acids is 2. The molecule has 0 radical (unpaired) electrons. The van der Waals surface area contributed by atoms with Crippen LogP contribution in [0.2, 0.25) is 0 Å². The molecular formula is C25H26Cl2N6O6S. The molecule has 15 heteroatoms. The molecule has 0 aliphatic carbocycles. The van der Waals surface area contributed by atoms with Gasteiger partial charge in [-0.15, -0.1) is 12.4 Å². The van der Waals surface area contributed by atoms with E-state index < -0.39 is 9.05 Å². The number of aromatic amines is 1.